The van der Waals surface area contributed by atoms with Crippen molar-refractivity contribution in [1.29, 1.82) is 0 Å². The first kappa shape index (κ1) is 20.6. The molecule has 0 saturated carbocycles. The molecular formula is C20H20N2O6. The highest BCUT2D eigenvalue weighted by atomic mass is 16.6. The highest BCUT2D eigenvalue weighted by molar-refractivity contribution is 6.08. The van der Waals surface area contributed by atoms with Gasteiger partial charge in [0.2, 0.25) is 0 Å². The van der Waals surface area contributed by atoms with Gasteiger partial charge in [0.25, 0.3) is 11.8 Å². The quantitative estimate of drug-likeness (QED) is 0.741. The Morgan fingerprint density at radius 2 is 1.71 bits per heavy atom. The molecule has 0 aromatic heterocycles. The number of hydrogen-bond donors (Lipinski definition) is 2. The molecule has 0 aliphatic carbocycles. The summed E-state index contributed by atoms with van der Waals surface area (Å²) in [5, 5.41) is 4.57. The third kappa shape index (κ3) is 5.94. The van der Waals surface area contributed by atoms with Crippen LogP contribution in [0.5, 0.6) is 0 Å². The van der Waals surface area contributed by atoms with Crippen molar-refractivity contribution in [1.82, 2.24) is 5.32 Å². The second kappa shape index (κ2) is 9.86. The van der Waals surface area contributed by atoms with E-state index in [-0.39, 0.29) is 23.8 Å². The molecular weight excluding hydrogens is 364 g/mol. The number of carbonyl (C=O) groups excluding carboxylic acids is 4. The Bertz CT molecular complexity index is 894. The molecule has 0 bridgehead atoms. The van der Waals surface area contributed by atoms with Crippen molar-refractivity contribution in [3.8, 4) is 0 Å². The molecule has 0 atom stereocenters. The highest BCUT2D eigenvalue weighted by Crippen LogP contribution is 2.18. The average Bonchev–Trinajstić information content (AvgIpc) is 2.66. The Hall–Kier alpha value is -3.68. The summed E-state index contributed by atoms with van der Waals surface area (Å²) in [6.07, 6.45) is -0.922. The summed E-state index contributed by atoms with van der Waals surface area (Å²) in [4.78, 5) is 47.4. The van der Waals surface area contributed by atoms with E-state index in [0.717, 1.165) is 5.56 Å². The Balaban J connectivity index is 2.02. The minimum atomic E-state index is -0.922. The van der Waals surface area contributed by atoms with Crippen molar-refractivity contribution in [2.45, 2.75) is 13.8 Å². The van der Waals surface area contributed by atoms with E-state index in [1.807, 2.05) is 18.3 Å². The van der Waals surface area contributed by atoms with Gasteiger partial charge in [-0.15, -0.1) is 0 Å². The topological polar surface area (TPSA) is 111 Å². The number of anilines is 1. The first-order chi connectivity index (χ1) is 13.4. The van der Waals surface area contributed by atoms with Crippen LogP contribution in [0, 0.1) is 6.92 Å². The van der Waals surface area contributed by atoms with Gasteiger partial charge in [0.1, 0.15) is 0 Å². The summed E-state index contributed by atoms with van der Waals surface area (Å²) in [5.41, 5.74) is 1.68. The third-order valence-electron chi connectivity index (χ3n) is 3.53. The number of aryl methyl sites for hydroxylation is 1. The molecule has 28 heavy (non-hydrogen) atoms. The molecule has 2 rings (SSSR count). The smallest absolute Gasteiger partial charge is 0.413 e. The summed E-state index contributed by atoms with van der Waals surface area (Å²) >= 11 is 0. The fraction of sp³-hybridized carbons (Fsp3) is 0.200. The van der Waals surface area contributed by atoms with Gasteiger partial charge in [-0.05, 0) is 38.1 Å². The predicted molar refractivity (Wildman–Crippen MR) is 101 cm³/mol. The molecule has 0 heterocycles. The van der Waals surface area contributed by atoms with Gasteiger partial charge in [-0.25, -0.2) is 9.59 Å². The van der Waals surface area contributed by atoms with Gasteiger partial charge in [-0.2, -0.15) is 0 Å². The fourth-order valence-electron chi connectivity index (χ4n) is 2.28. The molecule has 0 aliphatic rings. The lowest BCUT2D eigenvalue weighted by atomic mass is 10.1. The Labute approximate surface area is 161 Å². The molecule has 8 heteroatoms. The van der Waals surface area contributed by atoms with Crippen LogP contribution in [0.15, 0.2) is 48.5 Å². The van der Waals surface area contributed by atoms with Crippen molar-refractivity contribution in [2.75, 3.05) is 18.5 Å². The molecule has 2 N–H and O–H groups in total. The lowest BCUT2D eigenvalue weighted by molar-refractivity contribution is -0.123. The fourth-order valence-corrected chi connectivity index (χ4v) is 2.28. The maximum Gasteiger partial charge on any atom is 0.413 e. The number of nitrogens with one attached hydrogen (secondary N) is 2. The molecule has 2 aromatic carbocycles. The van der Waals surface area contributed by atoms with E-state index >= 15 is 0 Å². The van der Waals surface area contributed by atoms with Gasteiger partial charge in [-0.3, -0.25) is 14.9 Å². The SMILES string of the molecule is CCOC(=O)NC(=O)COC(=O)c1ccccc1NC(=O)c1cccc(C)c1. The molecule has 0 spiro atoms. The minimum absolute atomic E-state index is 0.0763. The van der Waals surface area contributed by atoms with Crippen LogP contribution in [0.25, 0.3) is 0 Å². The van der Waals surface area contributed by atoms with Crippen molar-refractivity contribution < 1.29 is 28.7 Å². The van der Waals surface area contributed by atoms with Gasteiger partial charge in [0, 0.05) is 5.56 Å². The van der Waals surface area contributed by atoms with Crippen LogP contribution >= 0.6 is 0 Å². The van der Waals surface area contributed by atoms with Gasteiger partial charge >= 0.3 is 12.1 Å². The largest absolute Gasteiger partial charge is 0.452 e. The Morgan fingerprint density at radius 3 is 2.43 bits per heavy atom. The second-order valence-electron chi connectivity index (χ2n) is 5.71. The molecule has 3 amide bonds. The number of carbonyl (C=O) groups is 4. The zero-order valence-electron chi connectivity index (χ0n) is 15.5. The van der Waals surface area contributed by atoms with Gasteiger partial charge in [0.05, 0.1) is 17.9 Å². The number of imide groups is 1. The number of rotatable bonds is 6. The number of benzene rings is 2. The number of ether oxygens (including phenoxy) is 2. The minimum Gasteiger partial charge on any atom is -0.452 e. The van der Waals surface area contributed by atoms with Gasteiger partial charge in [-0.1, -0.05) is 29.8 Å². The average molecular weight is 384 g/mol. The lowest BCUT2D eigenvalue weighted by Crippen LogP contribution is -2.34. The number of hydrogen-bond acceptors (Lipinski definition) is 6. The van der Waals surface area contributed by atoms with Crippen molar-refractivity contribution >= 4 is 29.6 Å². The van der Waals surface area contributed by atoms with E-state index in [0.29, 0.717) is 5.56 Å². The molecule has 2 aromatic rings. The van der Waals surface area contributed by atoms with Crippen molar-refractivity contribution in [3.05, 3.63) is 65.2 Å². The van der Waals surface area contributed by atoms with Crippen LogP contribution in [0.4, 0.5) is 10.5 Å². The van der Waals surface area contributed by atoms with Crippen LogP contribution in [0.2, 0.25) is 0 Å². The first-order valence-corrected chi connectivity index (χ1v) is 8.51. The highest BCUT2D eigenvalue weighted by Gasteiger charge is 2.17. The van der Waals surface area contributed by atoms with E-state index in [1.54, 1.807) is 43.3 Å². The van der Waals surface area contributed by atoms with Crippen LogP contribution in [-0.2, 0) is 14.3 Å². The molecule has 146 valence electrons. The summed E-state index contributed by atoms with van der Waals surface area (Å²) in [5.74, 6) is -2.03. The predicted octanol–water partition coefficient (Wildman–Crippen LogP) is 2.68. The number of amides is 3. The molecule has 8 nitrogen and oxygen atoms in total. The maximum atomic E-state index is 12.4. The normalized spacial score (nSPS) is 9.93. The van der Waals surface area contributed by atoms with E-state index in [4.69, 9.17) is 4.74 Å². The Morgan fingerprint density at radius 1 is 0.964 bits per heavy atom. The Kier molecular flexibility index (Phi) is 7.27. The van der Waals surface area contributed by atoms with Crippen LogP contribution in [0.3, 0.4) is 0 Å². The number of para-hydroxylation sites is 1. The summed E-state index contributed by atoms with van der Waals surface area (Å²) in [7, 11) is 0. The molecule has 0 radical (unpaired) electrons. The zero-order chi connectivity index (χ0) is 20.5. The lowest BCUT2D eigenvalue weighted by Gasteiger charge is -2.11. The van der Waals surface area contributed by atoms with E-state index < -0.39 is 24.6 Å². The van der Waals surface area contributed by atoms with Crippen molar-refractivity contribution in [3.63, 3.8) is 0 Å². The van der Waals surface area contributed by atoms with Crippen LogP contribution < -0.4 is 10.6 Å². The maximum absolute atomic E-state index is 12.4. The molecule has 0 fully saturated rings. The summed E-state index contributed by atoms with van der Waals surface area (Å²) in [6, 6.07) is 13.2. The number of alkyl carbamates (subject to hydrolysis) is 1. The zero-order valence-corrected chi connectivity index (χ0v) is 15.5. The van der Waals surface area contributed by atoms with E-state index in [2.05, 4.69) is 10.1 Å². The molecule has 0 aliphatic heterocycles. The third-order valence-corrected chi connectivity index (χ3v) is 3.53. The van der Waals surface area contributed by atoms with E-state index in [9.17, 15) is 19.2 Å². The summed E-state index contributed by atoms with van der Waals surface area (Å²) in [6.45, 7) is 2.89. The van der Waals surface area contributed by atoms with Gasteiger partial charge < -0.3 is 14.8 Å². The van der Waals surface area contributed by atoms with E-state index in [1.165, 1.54) is 6.07 Å². The van der Waals surface area contributed by atoms with Crippen LogP contribution in [-0.4, -0.2) is 37.1 Å². The van der Waals surface area contributed by atoms with Crippen LogP contribution in [0.1, 0.15) is 33.2 Å². The monoisotopic (exact) mass is 384 g/mol. The standard InChI is InChI=1S/C20H20N2O6/c1-3-27-20(26)22-17(23)12-28-19(25)15-9-4-5-10-16(15)21-18(24)14-8-6-7-13(2)11-14/h4-11H,3,12H2,1-2H3,(H,21,24)(H,22,23,26). The summed E-state index contributed by atoms with van der Waals surface area (Å²) < 4.78 is 9.46. The molecule has 0 unspecified atom stereocenters. The second-order valence-corrected chi connectivity index (χ2v) is 5.71. The number of esters is 1. The van der Waals surface area contributed by atoms with Crippen molar-refractivity contribution in [2.24, 2.45) is 0 Å². The first-order valence-electron chi connectivity index (χ1n) is 8.51. The molecule has 0 saturated heterocycles. The van der Waals surface area contributed by atoms with Gasteiger partial charge in [0.15, 0.2) is 6.61 Å².